The average molecular weight is 231 g/mol. The van der Waals surface area contributed by atoms with Crippen molar-refractivity contribution in [2.75, 3.05) is 34.2 Å². The Morgan fingerprint density at radius 2 is 2.00 bits per heavy atom. The van der Waals surface area contributed by atoms with E-state index in [9.17, 15) is 4.79 Å². The number of amides is 1. The molecule has 1 aromatic rings. The Kier molecular flexibility index (Phi) is 4.68. The van der Waals surface area contributed by atoms with Gasteiger partial charge in [-0.1, -0.05) is 6.07 Å². The highest BCUT2D eigenvalue weighted by Crippen LogP contribution is 2.06. The summed E-state index contributed by atoms with van der Waals surface area (Å²) < 4.78 is 0. The lowest BCUT2D eigenvalue weighted by atomic mass is 10.1. The molecule has 0 heterocycles. The lowest BCUT2D eigenvalue weighted by molar-refractivity contribution is 0.0786. The number of nitriles is 1. The van der Waals surface area contributed by atoms with Crippen LogP contribution in [0.4, 0.5) is 0 Å². The van der Waals surface area contributed by atoms with Gasteiger partial charge < -0.3 is 9.80 Å². The van der Waals surface area contributed by atoms with Gasteiger partial charge in [-0.25, -0.2) is 0 Å². The van der Waals surface area contributed by atoms with Crippen LogP contribution in [0.25, 0.3) is 0 Å². The topological polar surface area (TPSA) is 47.3 Å². The molecule has 0 spiro atoms. The third-order valence-corrected chi connectivity index (χ3v) is 2.47. The molecule has 1 amide bonds. The third kappa shape index (κ3) is 3.89. The Labute approximate surface area is 102 Å². The minimum atomic E-state index is -0.0519. The quantitative estimate of drug-likeness (QED) is 0.782. The first kappa shape index (κ1) is 13.2. The molecule has 90 valence electrons. The van der Waals surface area contributed by atoms with Crippen molar-refractivity contribution in [3.8, 4) is 6.07 Å². The highest BCUT2D eigenvalue weighted by molar-refractivity contribution is 5.94. The Balaban J connectivity index is 2.71. The normalized spacial score (nSPS) is 10.1. The smallest absolute Gasteiger partial charge is 0.253 e. The second-order valence-electron chi connectivity index (χ2n) is 4.22. The molecule has 0 saturated heterocycles. The van der Waals surface area contributed by atoms with Gasteiger partial charge in [0.25, 0.3) is 5.91 Å². The van der Waals surface area contributed by atoms with Gasteiger partial charge in [-0.2, -0.15) is 5.26 Å². The summed E-state index contributed by atoms with van der Waals surface area (Å²) in [5, 5.41) is 8.78. The first-order chi connectivity index (χ1) is 8.04. The largest absolute Gasteiger partial charge is 0.340 e. The Hall–Kier alpha value is -1.86. The summed E-state index contributed by atoms with van der Waals surface area (Å²) in [5.74, 6) is -0.0519. The summed E-state index contributed by atoms with van der Waals surface area (Å²) in [6.07, 6.45) is 0. The van der Waals surface area contributed by atoms with E-state index in [-0.39, 0.29) is 5.91 Å². The fraction of sp³-hybridized carbons (Fsp3) is 0.385. The van der Waals surface area contributed by atoms with Crippen LogP contribution in [0.1, 0.15) is 15.9 Å². The first-order valence-corrected chi connectivity index (χ1v) is 5.45. The number of likely N-dealkylation sites (N-methyl/N-ethyl adjacent to an activating group) is 2. The predicted molar refractivity (Wildman–Crippen MR) is 66.7 cm³/mol. The van der Waals surface area contributed by atoms with Crippen molar-refractivity contribution >= 4 is 5.91 Å². The fourth-order valence-electron chi connectivity index (χ4n) is 1.39. The zero-order valence-electron chi connectivity index (χ0n) is 10.5. The number of carbonyl (C=O) groups excluding carboxylic acids is 1. The van der Waals surface area contributed by atoms with Crippen molar-refractivity contribution in [1.29, 1.82) is 5.26 Å². The van der Waals surface area contributed by atoms with Crippen LogP contribution in [-0.2, 0) is 0 Å². The fourth-order valence-corrected chi connectivity index (χ4v) is 1.39. The molecule has 0 aliphatic carbocycles. The van der Waals surface area contributed by atoms with Crippen LogP contribution in [0.2, 0.25) is 0 Å². The molecule has 0 aliphatic rings. The molecule has 17 heavy (non-hydrogen) atoms. The van der Waals surface area contributed by atoms with Gasteiger partial charge >= 0.3 is 0 Å². The van der Waals surface area contributed by atoms with Crippen LogP contribution in [-0.4, -0.2) is 49.9 Å². The van der Waals surface area contributed by atoms with Gasteiger partial charge in [0.15, 0.2) is 0 Å². The minimum absolute atomic E-state index is 0.0519. The van der Waals surface area contributed by atoms with Crippen LogP contribution in [0.3, 0.4) is 0 Å². The van der Waals surface area contributed by atoms with Crippen LogP contribution in [0.15, 0.2) is 24.3 Å². The average Bonchev–Trinajstić information content (AvgIpc) is 2.35. The van der Waals surface area contributed by atoms with Crippen molar-refractivity contribution < 1.29 is 4.79 Å². The molecule has 0 atom stereocenters. The van der Waals surface area contributed by atoms with Gasteiger partial charge in [0, 0.05) is 25.7 Å². The number of hydrogen-bond acceptors (Lipinski definition) is 3. The predicted octanol–water partition coefficient (Wildman–Crippen LogP) is 1.19. The maximum atomic E-state index is 12.0. The third-order valence-electron chi connectivity index (χ3n) is 2.47. The van der Waals surface area contributed by atoms with E-state index in [0.717, 1.165) is 6.54 Å². The number of rotatable bonds is 4. The van der Waals surface area contributed by atoms with E-state index in [4.69, 9.17) is 5.26 Å². The molecule has 1 aromatic carbocycles. The van der Waals surface area contributed by atoms with E-state index in [1.54, 1.807) is 36.2 Å². The second kappa shape index (κ2) is 6.02. The summed E-state index contributed by atoms with van der Waals surface area (Å²) in [6.45, 7) is 1.49. The van der Waals surface area contributed by atoms with Crippen LogP contribution in [0, 0.1) is 11.3 Å². The van der Waals surface area contributed by atoms with Gasteiger partial charge in [-0.05, 0) is 32.3 Å². The molecular weight excluding hydrogens is 214 g/mol. The van der Waals surface area contributed by atoms with E-state index in [0.29, 0.717) is 17.7 Å². The summed E-state index contributed by atoms with van der Waals surface area (Å²) in [5.41, 5.74) is 1.07. The summed E-state index contributed by atoms with van der Waals surface area (Å²) in [7, 11) is 5.70. The molecule has 1 rings (SSSR count). The number of carbonyl (C=O) groups is 1. The molecule has 0 aliphatic heterocycles. The number of benzene rings is 1. The minimum Gasteiger partial charge on any atom is -0.340 e. The monoisotopic (exact) mass is 231 g/mol. The molecule has 0 aromatic heterocycles. The van der Waals surface area contributed by atoms with Crippen molar-refractivity contribution in [1.82, 2.24) is 9.80 Å². The molecule has 0 radical (unpaired) electrons. The van der Waals surface area contributed by atoms with Crippen molar-refractivity contribution in [3.63, 3.8) is 0 Å². The van der Waals surface area contributed by atoms with Crippen LogP contribution < -0.4 is 0 Å². The highest BCUT2D eigenvalue weighted by atomic mass is 16.2. The molecule has 4 nitrogen and oxygen atoms in total. The lowest BCUT2D eigenvalue weighted by Crippen LogP contribution is -2.33. The van der Waals surface area contributed by atoms with Crippen LogP contribution >= 0.6 is 0 Å². The number of nitrogens with zero attached hydrogens (tertiary/aromatic N) is 3. The van der Waals surface area contributed by atoms with Gasteiger partial charge in [0.2, 0.25) is 0 Å². The Bertz CT molecular complexity index is 435. The van der Waals surface area contributed by atoms with E-state index < -0.39 is 0 Å². The van der Waals surface area contributed by atoms with Gasteiger partial charge in [-0.3, -0.25) is 4.79 Å². The molecule has 0 fully saturated rings. The lowest BCUT2D eigenvalue weighted by Gasteiger charge is -2.19. The van der Waals surface area contributed by atoms with E-state index in [1.165, 1.54) is 0 Å². The molecule has 4 heteroatoms. The standard InChI is InChI=1S/C13H17N3O/c1-15(2)7-8-16(3)13(17)12-6-4-5-11(9-12)10-14/h4-6,9H,7-8H2,1-3H3. The number of hydrogen-bond donors (Lipinski definition) is 0. The Morgan fingerprint density at radius 3 is 2.59 bits per heavy atom. The molecular formula is C13H17N3O. The van der Waals surface area contributed by atoms with E-state index in [1.807, 2.05) is 25.1 Å². The molecule has 0 bridgehead atoms. The van der Waals surface area contributed by atoms with E-state index >= 15 is 0 Å². The maximum Gasteiger partial charge on any atom is 0.253 e. The summed E-state index contributed by atoms with van der Waals surface area (Å²) >= 11 is 0. The van der Waals surface area contributed by atoms with Crippen molar-refractivity contribution in [2.45, 2.75) is 0 Å². The zero-order valence-corrected chi connectivity index (χ0v) is 10.5. The van der Waals surface area contributed by atoms with Gasteiger partial charge in [0.1, 0.15) is 0 Å². The van der Waals surface area contributed by atoms with Crippen molar-refractivity contribution in [3.05, 3.63) is 35.4 Å². The maximum absolute atomic E-state index is 12.0. The highest BCUT2D eigenvalue weighted by Gasteiger charge is 2.11. The second-order valence-corrected chi connectivity index (χ2v) is 4.22. The van der Waals surface area contributed by atoms with Gasteiger partial charge in [-0.15, -0.1) is 0 Å². The molecule has 0 saturated carbocycles. The van der Waals surface area contributed by atoms with E-state index in [2.05, 4.69) is 0 Å². The SMILES string of the molecule is CN(C)CCN(C)C(=O)c1cccc(C#N)c1. The van der Waals surface area contributed by atoms with Crippen LogP contribution in [0.5, 0.6) is 0 Å². The molecule has 0 unspecified atom stereocenters. The summed E-state index contributed by atoms with van der Waals surface area (Å²) in [4.78, 5) is 15.7. The van der Waals surface area contributed by atoms with Gasteiger partial charge in [0.05, 0.1) is 11.6 Å². The molecule has 0 N–H and O–H groups in total. The summed E-state index contributed by atoms with van der Waals surface area (Å²) in [6, 6.07) is 8.80. The van der Waals surface area contributed by atoms with Crippen molar-refractivity contribution in [2.24, 2.45) is 0 Å². The first-order valence-electron chi connectivity index (χ1n) is 5.45. The zero-order chi connectivity index (χ0) is 12.8. The Morgan fingerprint density at radius 1 is 1.29 bits per heavy atom.